The van der Waals surface area contributed by atoms with Crippen LogP contribution in [0.1, 0.15) is 25.8 Å². The van der Waals surface area contributed by atoms with Gasteiger partial charge in [0.2, 0.25) is 11.8 Å². The smallest absolute Gasteiger partial charge is 0.229 e. The molecule has 1 N–H and O–H groups in total. The van der Waals surface area contributed by atoms with Crippen LogP contribution >= 0.6 is 0 Å². The van der Waals surface area contributed by atoms with Crippen LogP contribution in [-0.4, -0.2) is 29.3 Å². The van der Waals surface area contributed by atoms with E-state index < -0.39 is 0 Å². The van der Waals surface area contributed by atoms with Crippen LogP contribution < -0.4 is 5.32 Å². The highest BCUT2D eigenvalue weighted by molar-refractivity contribution is 5.97. The Bertz CT molecular complexity index is 543. The number of carbonyl (C=O) groups is 2. The first-order valence-corrected chi connectivity index (χ1v) is 6.75. The van der Waals surface area contributed by atoms with Crippen LogP contribution in [0.15, 0.2) is 18.2 Å². The second-order valence-electron chi connectivity index (χ2n) is 5.49. The third-order valence-electron chi connectivity index (χ3n) is 3.59. The molecule has 20 heavy (non-hydrogen) atoms. The number of nitrogens with one attached hydrogen (secondary N) is 1. The minimum atomic E-state index is -0.366. The topological polar surface area (TPSA) is 49.4 Å². The fraction of sp³-hybridized carbons (Fsp3) is 0.467. The monoisotopic (exact) mass is 278 g/mol. The first-order valence-electron chi connectivity index (χ1n) is 6.75. The molecule has 0 radical (unpaired) electrons. The summed E-state index contributed by atoms with van der Waals surface area (Å²) in [4.78, 5) is 25.6. The summed E-state index contributed by atoms with van der Waals surface area (Å²) in [6.45, 7) is 5.94. The van der Waals surface area contributed by atoms with Crippen molar-refractivity contribution in [2.45, 2.75) is 33.2 Å². The van der Waals surface area contributed by atoms with Gasteiger partial charge in [-0.1, -0.05) is 6.07 Å². The van der Waals surface area contributed by atoms with Crippen molar-refractivity contribution >= 4 is 17.5 Å². The lowest BCUT2D eigenvalue weighted by Gasteiger charge is -2.20. The number of benzene rings is 1. The average Bonchev–Trinajstić information content (AvgIpc) is 2.76. The largest absolute Gasteiger partial charge is 0.339 e. The third-order valence-corrected chi connectivity index (χ3v) is 3.59. The summed E-state index contributed by atoms with van der Waals surface area (Å²) < 4.78 is 13.4. The molecule has 0 spiro atoms. The van der Waals surface area contributed by atoms with E-state index in [-0.39, 0.29) is 36.0 Å². The molecule has 0 saturated carbocycles. The number of hydrogen-bond acceptors (Lipinski definition) is 2. The minimum absolute atomic E-state index is 0.00441. The predicted molar refractivity (Wildman–Crippen MR) is 74.7 cm³/mol. The summed E-state index contributed by atoms with van der Waals surface area (Å²) in [5.74, 6) is -0.955. The van der Waals surface area contributed by atoms with Gasteiger partial charge in [-0.2, -0.15) is 0 Å². The number of hydrogen-bond donors (Lipinski definition) is 1. The summed E-state index contributed by atoms with van der Waals surface area (Å²) in [5, 5.41) is 2.67. The normalized spacial score (nSPS) is 18.8. The van der Waals surface area contributed by atoms with E-state index in [1.165, 1.54) is 6.07 Å². The Morgan fingerprint density at radius 1 is 1.45 bits per heavy atom. The van der Waals surface area contributed by atoms with E-state index in [0.717, 1.165) is 0 Å². The van der Waals surface area contributed by atoms with Crippen molar-refractivity contribution in [1.82, 2.24) is 4.90 Å². The number of rotatable bonds is 3. The molecule has 2 amide bonds. The highest BCUT2D eigenvalue weighted by atomic mass is 19.1. The Morgan fingerprint density at radius 3 is 2.70 bits per heavy atom. The lowest BCUT2D eigenvalue weighted by molar-refractivity contribution is -0.129. The fourth-order valence-corrected chi connectivity index (χ4v) is 2.32. The van der Waals surface area contributed by atoms with Crippen molar-refractivity contribution in [3.8, 4) is 0 Å². The maximum Gasteiger partial charge on any atom is 0.229 e. The van der Waals surface area contributed by atoms with E-state index in [1.807, 2.05) is 13.8 Å². The molecule has 1 saturated heterocycles. The Balaban J connectivity index is 2.02. The summed E-state index contributed by atoms with van der Waals surface area (Å²) >= 11 is 0. The molecular weight excluding hydrogens is 259 g/mol. The number of carbonyl (C=O) groups excluding carboxylic acids is 2. The van der Waals surface area contributed by atoms with Gasteiger partial charge in [0.25, 0.3) is 0 Å². The van der Waals surface area contributed by atoms with Gasteiger partial charge in [0, 0.05) is 24.7 Å². The molecule has 0 aliphatic carbocycles. The quantitative estimate of drug-likeness (QED) is 0.922. The molecule has 1 aliphatic rings. The van der Waals surface area contributed by atoms with Gasteiger partial charge in [0.05, 0.1) is 5.92 Å². The Labute approximate surface area is 118 Å². The Hall–Kier alpha value is -1.91. The lowest BCUT2D eigenvalue weighted by Crippen LogP contribution is -2.33. The van der Waals surface area contributed by atoms with Crippen LogP contribution in [0.5, 0.6) is 0 Å². The summed E-state index contributed by atoms with van der Waals surface area (Å²) in [6, 6.07) is 4.67. The highest BCUT2D eigenvalue weighted by Crippen LogP contribution is 2.22. The van der Waals surface area contributed by atoms with Crippen molar-refractivity contribution in [2.24, 2.45) is 5.92 Å². The molecule has 2 rings (SSSR count). The first kappa shape index (κ1) is 14.5. The average molecular weight is 278 g/mol. The van der Waals surface area contributed by atoms with E-state index in [1.54, 1.807) is 24.0 Å². The second kappa shape index (κ2) is 5.61. The molecule has 108 valence electrons. The van der Waals surface area contributed by atoms with Crippen LogP contribution in [0, 0.1) is 18.7 Å². The Kier molecular flexibility index (Phi) is 4.06. The van der Waals surface area contributed by atoms with E-state index >= 15 is 0 Å². The molecule has 1 aliphatic heterocycles. The van der Waals surface area contributed by atoms with E-state index in [4.69, 9.17) is 0 Å². The van der Waals surface area contributed by atoms with Crippen molar-refractivity contribution in [1.29, 1.82) is 0 Å². The van der Waals surface area contributed by atoms with Crippen molar-refractivity contribution < 1.29 is 14.0 Å². The predicted octanol–water partition coefficient (Wildman–Crippen LogP) is 2.33. The number of aryl methyl sites for hydroxylation is 1. The van der Waals surface area contributed by atoms with Crippen LogP contribution in [-0.2, 0) is 9.59 Å². The van der Waals surface area contributed by atoms with Gasteiger partial charge in [-0.15, -0.1) is 0 Å². The van der Waals surface area contributed by atoms with E-state index in [9.17, 15) is 14.0 Å². The standard InChI is InChI=1S/C15H19FN2O2/c1-9(2)18-8-11(6-14(18)19)15(20)17-12-5-4-10(3)13(16)7-12/h4-5,7,9,11H,6,8H2,1-3H3,(H,17,20)/t11-/m0/s1. The third kappa shape index (κ3) is 2.98. The zero-order chi connectivity index (χ0) is 14.9. The molecular formula is C15H19FN2O2. The number of nitrogens with zero attached hydrogens (tertiary/aromatic N) is 1. The zero-order valence-electron chi connectivity index (χ0n) is 11.9. The highest BCUT2D eigenvalue weighted by Gasteiger charge is 2.35. The van der Waals surface area contributed by atoms with Crippen LogP contribution in [0.4, 0.5) is 10.1 Å². The van der Waals surface area contributed by atoms with Gasteiger partial charge >= 0.3 is 0 Å². The molecule has 4 nitrogen and oxygen atoms in total. The van der Waals surface area contributed by atoms with E-state index in [2.05, 4.69) is 5.32 Å². The minimum Gasteiger partial charge on any atom is -0.339 e. The summed E-state index contributed by atoms with van der Waals surface area (Å²) in [6.07, 6.45) is 0.221. The first-order chi connectivity index (χ1) is 9.38. The van der Waals surface area contributed by atoms with Gasteiger partial charge in [0.15, 0.2) is 0 Å². The molecule has 1 aromatic rings. The number of anilines is 1. The zero-order valence-corrected chi connectivity index (χ0v) is 11.9. The van der Waals surface area contributed by atoms with Crippen LogP contribution in [0.2, 0.25) is 0 Å². The van der Waals surface area contributed by atoms with Crippen LogP contribution in [0.3, 0.4) is 0 Å². The maximum atomic E-state index is 13.4. The summed E-state index contributed by atoms with van der Waals surface area (Å²) in [5.41, 5.74) is 0.957. The van der Waals surface area contributed by atoms with Crippen molar-refractivity contribution in [3.05, 3.63) is 29.6 Å². The number of likely N-dealkylation sites (tertiary alicyclic amines) is 1. The number of amides is 2. The van der Waals surface area contributed by atoms with E-state index in [0.29, 0.717) is 17.8 Å². The second-order valence-corrected chi connectivity index (χ2v) is 5.49. The SMILES string of the molecule is Cc1ccc(NC(=O)[C@H]2CC(=O)N(C(C)C)C2)cc1F. The molecule has 1 aromatic carbocycles. The molecule has 0 unspecified atom stereocenters. The molecule has 0 aromatic heterocycles. The van der Waals surface area contributed by atoms with Gasteiger partial charge < -0.3 is 10.2 Å². The molecule has 5 heteroatoms. The molecule has 1 heterocycles. The summed E-state index contributed by atoms with van der Waals surface area (Å²) in [7, 11) is 0. The molecule has 0 bridgehead atoms. The molecule has 1 fully saturated rings. The molecule has 1 atom stereocenters. The van der Waals surface area contributed by atoms with Crippen molar-refractivity contribution in [3.63, 3.8) is 0 Å². The van der Waals surface area contributed by atoms with Gasteiger partial charge in [-0.05, 0) is 38.5 Å². The fourth-order valence-electron chi connectivity index (χ4n) is 2.32. The van der Waals surface area contributed by atoms with Crippen LogP contribution in [0.25, 0.3) is 0 Å². The lowest BCUT2D eigenvalue weighted by atomic mass is 10.1. The maximum absolute atomic E-state index is 13.4. The van der Waals surface area contributed by atoms with Gasteiger partial charge in [0.1, 0.15) is 5.82 Å². The number of halogens is 1. The van der Waals surface area contributed by atoms with Crippen molar-refractivity contribution in [2.75, 3.05) is 11.9 Å². The Morgan fingerprint density at radius 2 is 2.15 bits per heavy atom. The van der Waals surface area contributed by atoms with Gasteiger partial charge in [-0.3, -0.25) is 9.59 Å². The van der Waals surface area contributed by atoms with Gasteiger partial charge in [-0.25, -0.2) is 4.39 Å².